The van der Waals surface area contributed by atoms with Crippen LogP contribution in [0.15, 0.2) is 47.9 Å². The Morgan fingerprint density at radius 1 is 1.22 bits per heavy atom. The molecule has 0 spiro atoms. The fourth-order valence-corrected chi connectivity index (χ4v) is 5.51. The van der Waals surface area contributed by atoms with Crippen LogP contribution in [0.3, 0.4) is 0 Å². The number of rotatable bonds is 3. The molecule has 0 radical (unpaired) electrons. The zero-order chi connectivity index (χ0) is 22.6. The summed E-state index contributed by atoms with van der Waals surface area (Å²) in [7, 11) is 0. The van der Waals surface area contributed by atoms with E-state index in [1.54, 1.807) is 16.0 Å². The second-order valence-corrected chi connectivity index (χ2v) is 9.42. The van der Waals surface area contributed by atoms with Gasteiger partial charge in [-0.15, -0.1) is 16.4 Å². The maximum absolute atomic E-state index is 10.0. The van der Waals surface area contributed by atoms with Gasteiger partial charge in [-0.25, -0.2) is 4.68 Å². The molecule has 3 N–H and O–H groups in total. The summed E-state index contributed by atoms with van der Waals surface area (Å²) in [5.74, 6) is -0.209. The van der Waals surface area contributed by atoms with Gasteiger partial charge in [0, 0.05) is 20.9 Å². The largest absolute Gasteiger partial charge is 0.420 e. The third-order valence-electron chi connectivity index (χ3n) is 5.59. The van der Waals surface area contributed by atoms with Crippen LogP contribution in [0.25, 0.3) is 16.9 Å². The first-order chi connectivity index (χ1) is 15.4. The van der Waals surface area contributed by atoms with E-state index in [0.29, 0.717) is 22.3 Å². The van der Waals surface area contributed by atoms with E-state index in [1.165, 1.54) is 4.88 Å². The van der Waals surface area contributed by atoms with E-state index < -0.39 is 5.92 Å². The summed E-state index contributed by atoms with van der Waals surface area (Å²) in [6.07, 6.45) is 0. The van der Waals surface area contributed by atoms with Gasteiger partial charge in [0.1, 0.15) is 16.8 Å². The third kappa shape index (κ3) is 3.01. The number of hydrogen-bond donors (Lipinski definition) is 2. The second-order valence-electron chi connectivity index (χ2n) is 7.61. The number of para-hydroxylation sites is 1. The average Bonchev–Trinajstić information content (AvgIpc) is 3.42. The number of ether oxygens (including phenoxy) is 1. The Kier molecular flexibility index (Phi) is 4.81. The second kappa shape index (κ2) is 7.55. The summed E-state index contributed by atoms with van der Waals surface area (Å²) >= 11 is 8.59. The summed E-state index contributed by atoms with van der Waals surface area (Å²) in [6, 6.07) is 13.9. The number of aryl methyl sites for hydroxylation is 3. The molecule has 1 aromatic carbocycles. The van der Waals surface area contributed by atoms with Crippen molar-refractivity contribution in [2.45, 2.75) is 26.7 Å². The Morgan fingerprint density at radius 3 is 2.62 bits per heavy atom. The monoisotopic (exact) mass is 462 g/mol. The van der Waals surface area contributed by atoms with Crippen molar-refractivity contribution in [3.8, 4) is 28.9 Å². The number of nitriles is 1. The van der Waals surface area contributed by atoms with Crippen LogP contribution in [0.5, 0.6) is 5.88 Å². The maximum atomic E-state index is 10.0. The highest BCUT2D eigenvalue weighted by molar-refractivity contribution is 7.12. The summed E-state index contributed by atoms with van der Waals surface area (Å²) in [5, 5.41) is 22.6. The van der Waals surface area contributed by atoms with E-state index in [-0.39, 0.29) is 11.5 Å². The molecule has 1 aliphatic heterocycles. The lowest BCUT2D eigenvalue weighted by atomic mass is 9.83. The van der Waals surface area contributed by atoms with Gasteiger partial charge in [0.05, 0.1) is 28.6 Å². The number of hydrogen-bond acceptors (Lipinski definition) is 6. The standard InChI is InChI=1S/C23H19ClN6OS/c1-11-9-15(13(3)32-11)20-19-18(16(10-25)22(26)31-23(19)28-27-20)17-12(2)29-30(21(17)24)14-7-5-4-6-8-14/h4-9,18H,26H2,1-3H3,(H,27,28)/t18-/m1/s1. The van der Waals surface area contributed by atoms with Gasteiger partial charge in [-0.05, 0) is 39.0 Å². The van der Waals surface area contributed by atoms with E-state index in [9.17, 15) is 5.26 Å². The number of thiophene rings is 1. The minimum atomic E-state index is -0.568. The van der Waals surface area contributed by atoms with Crippen LogP contribution < -0.4 is 10.5 Å². The van der Waals surface area contributed by atoms with E-state index in [2.05, 4.69) is 41.3 Å². The lowest BCUT2D eigenvalue weighted by Crippen LogP contribution is -2.21. The van der Waals surface area contributed by atoms with Crippen molar-refractivity contribution in [3.05, 3.63) is 79.6 Å². The number of aromatic amines is 1. The van der Waals surface area contributed by atoms with Crippen molar-refractivity contribution >= 4 is 22.9 Å². The highest BCUT2D eigenvalue weighted by Gasteiger charge is 2.39. The highest BCUT2D eigenvalue weighted by Crippen LogP contribution is 2.49. The molecule has 9 heteroatoms. The molecule has 7 nitrogen and oxygen atoms in total. The predicted molar refractivity (Wildman–Crippen MR) is 124 cm³/mol. The van der Waals surface area contributed by atoms with Crippen LogP contribution in [-0.4, -0.2) is 20.0 Å². The fraction of sp³-hybridized carbons (Fsp3) is 0.174. The molecule has 3 aromatic heterocycles. The number of H-pyrrole nitrogens is 1. The summed E-state index contributed by atoms with van der Waals surface area (Å²) < 4.78 is 7.41. The van der Waals surface area contributed by atoms with Crippen LogP contribution in [-0.2, 0) is 0 Å². The molecular weight excluding hydrogens is 444 g/mol. The molecule has 4 aromatic rings. The number of halogens is 1. The molecule has 0 amide bonds. The smallest absolute Gasteiger partial charge is 0.244 e. The van der Waals surface area contributed by atoms with Gasteiger partial charge in [-0.2, -0.15) is 10.4 Å². The Bertz CT molecular complexity index is 1420. The van der Waals surface area contributed by atoms with E-state index in [4.69, 9.17) is 22.1 Å². The molecule has 0 unspecified atom stereocenters. The van der Waals surface area contributed by atoms with Crippen molar-refractivity contribution in [2.24, 2.45) is 5.73 Å². The van der Waals surface area contributed by atoms with Gasteiger partial charge in [0.25, 0.3) is 0 Å². The number of allylic oxidation sites excluding steroid dienone is 1. The molecule has 4 heterocycles. The SMILES string of the molecule is Cc1cc(-c2[nH]nc3c2[C@@H](c2c(C)nn(-c4ccccc4)c2Cl)C(C#N)=C(N)O3)c(C)s1. The van der Waals surface area contributed by atoms with Gasteiger partial charge < -0.3 is 10.5 Å². The van der Waals surface area contributed by atoms with Crippen LogP contribution in [0.2, 0.25) is 5.15 Å². The minimum Gasteiger partial charge on any atom is -0.420 e. The van der Waals surface area contributed by atoms with Crippen LogP contribution in [0.4, 0.5) is 0 Å². The zero-order valence-corrected chi connectivity index (χ0v) is 19.2. The lowest BCUT2D eigenvalue weighted by Gasteiger charge is -2.24. The molecule has 1 aliphatic rings. The van der Waals surface area contributed by atoms with Gasteiger partial charge in [-0.3, -0.25) is 5.10 Å². The zero-order valence-electron chi connectivity index (χ0n) is 17.6. The summed E-state index contributed by atoms with van der Waals surface area (Å²) in [5.41, 5.74) is 11.2. The Morgan fingerprint density at radius 2 is 1.97 bits per heavy atom. The number of benzene rings is 1. The Labute approximate surface area is 193 Å². The average molecular weight is 463 g/mol. The summed E-state index contributed by atoms with van der Waals surface area (Å²) in [6.45, 7) is 5.99. The first-order valence-electron chi connectivity index (χ1n) is 9.94. The molecule has 5 rings (SSSR count). The van der Waals surface area contributed by atoms with Crippen molar-refractivity contribution in [1.29, 1.82) is 5.26 Å². The van der Waals surface area contributed by atoms with Crippen molar-refractivity contribution in [1.82, 2.24) is 20.0 Å². The van der Waals surface area contributed by atoms with Crippen molar-refractivity contribution in [3.63, 3.8) is 0 Å². The van der Waals surface area contributed by atoms with Gasteiger partial charge in [0.15, 0.2) is 0 Å². The Balaban J connectivity index is 1.77. The Hall–Kier alpha value is -3.54. The molecule has 160 valence electrons. The van der Waals surface area contributed by atoms with Crippen LogP contribution >= 0.6 is 22.9 Å². The molecule has 32 heavy (non-hydrogen) atoms. The van der Waals surface area contributed by atoms with E-state index in [0.717, 1.165) is 27.4 Å². The molecule has 1 atom stereocenters. The van der Waals surface area contributed by atoms with E-state index >= 15 is 0 Å². The topological polar surface area (TPSA) is 106 Å². The number of nitrogens with one attached hydrogen (secondary N) is 1. The number of aromatic nitrogens is 4. The maximum Gasteiger partial charge on any atom is 0.244 e. The van der Waals surface area contributed by atoms with Gasteiger partial charge in [0.2, 0.25) is 11.8 Å². The normalized spacial score (nSPS) is 15.4. The molecule has 0 fully saturated rings. The molecule has 0 aliphatic carbocycles. The lowest BCUT2D eigenvalue weighted by molar-refractivity contribution is 0.379. The van der Waals surface area contributed by atoms with Gasteiger partial charge in [-0.1, -0.05) is 29.8 Å². The third-order valence-corrected chi connectivity index (χ3v) is 6.92. The fourth-order valence-electron chi connectivity index (χ4n) is 4.20. The van der Waals surface area contributed by atoms with E-state index in [1.807, 2.05) is 37.3 Å². The van der Waals surface area contributed by atoms with Crippen LogP contribution in [0.1, 0.15) is 32.5 Å². The highest BCUT2D eigenvalue weighted by atomic mass is 35.5. The first-order valence-corrected chi connectivity index (χ1v) is 11.1. The number of fused-ring (bicyclic) bond motifs is 1. The van der Waals surface area contributed by atoms with Gasteiger partial charge >= 0.3 is 0 Å². The first kappa shape index (κ1) is 20.4. The molecule has 0 saturated heterocycles. The quantitative estimate of drug-likeness (QED) is 0.439. The van der Waals surface area contributed by atoms with Crippen molar-refractivity contribution in [2.75, 3.05) is 0 Å². The number of nitrogens with zero attached hydrogens (tertiary/aromatic N) is 4. The summed E-state index contributed by atoms with van der Waals surface area (Å²) in [4.78, 5) is 2.31. The van der Waals surface area contributed by atoms with Crippen LogP contribution in [0, 0.1) is 32.1 Å². The molecule has 0 bridgehead atoms. The predicted octanol–water partition coefficient (Wildman–Crippen LogP) is 5.12. The molecular formula is C23H19ClN6OS. The minimum absolute atomic E-state index is 0.0178. The van der Waals surface area contributed by atoms with Crippen molar-refractivity contribution < 1.29 is 4.74 Å². The number of nitrogens with two attached hydrogens (primary N) is 1. The molecule has 0 saturated carbocycles.